The molecule has 1 heterocycles. The maximum atomic E-state index is 11.4. The van der Waals surface area contributed by atoms with Crippen molar-refractivity contribution in [1.29, 1.82) is 0 Å². The minimum atomic E-state index is -0.320. The summed E-state index contributed by atoms with van der Waals surface area (Å²) in [6, 6.07) is 5.34. The molecule has 114 valence electrons. The van der Waals surface area contributed by atoms with Gasteiger partial charge < -0.3 is 10.2 Å². The number of nitrogens with one attached hydrogen (secondary N) is 1. The van der Waals surface area contributed by atoms with Crippen LogP contribution in [0.4, 0.5) is 11.4 Å². The predicted molar refractivity (Wildman–Crippen MR) is 81.5 cm³/mol. The molecule has 1 N–H and O–H groups in total. The summed E-state index contributed by atoms with van der Waals surface area (Å²) >= 11 is 0. The number of amides is 1. The molecular formula is C15H21N3O3. The molecule has 0 aromatic heterocycles. The highest BCUT2D eigenvalue weighted by Gasteiger charge is 2.25. The summed E-state index contributed by atoms with van der Waals surface area (Å²) < 4.78 is 0. The zero-order valence-electron chi connectivity index (χ0n) is 12.5. The third-order valence-electron chi connectivity index (χ3n) is 4.04. The third kappa shape index (κ3) is 3.71. The number of carbonyl (C=O) groups is 1. The van der Waals surface area contributed by atoms with E-state index in [1.807, 2.05) is 19.1 Å². The van der Waals surface area contributed by atoms with Gasteiger partial charge in [-0.3, -0.25) is 14.9 Å². The largest absolute Gasteiger partial charge is 0.366 e. The Morgan fingerprint density at radius 2 is 2.10 bits per heavy atom. The molecule has 0 saturated carbocycles. The van der Waals surface area contributed by atoms with Crippen molar-refractivity contribution in [3.63, 3.8) is 0 Å². The Balaban J connectivity index is 2.05. The number of nitro groups is 1. The van der Waals surface area contributed by atoms with Crippen LogP contribution >= 0.6 is 0 Å². The Morgan fingerprint density at radius 3 is 2.67 bits per heavy atom. The second kappa shape index (κ2) is 6.56. The molecule has 0 atom stereocenters. The fraction of sp³-hybridized carbons (Fsp3) is 0.533. The van der Waals surface area contributed by atoms with E-state index in [9.17, 15) is 14.9 Å². The second-order valence-electron chi connectivity index (χ2n) is 5.56. The Kier molecular flexibility index (Phi) is 4.77. The zero-order valence-corrected chi connectivity index (χ0v) is 12.5. The number of aryl methyl sites for hydroxylation is 1. The highest BCUT2D eigenvalue weighted by atomic mass is 16.6. The van der Waals surface area contributed by atoms with E-state index in [1.54, 1.807) is 13.1 Å². The van der Waals surface area contributed by atoms with Crippen molar-refractivity contribution in [3.8, 4) is 0 Å². The van der Waals surface area contributed by atoms with E-state index in [0.29, 0.717) is 18.0 Å². The Labute approximate surface area is 124 Å². The minimum Gasteiger partial charge on any atom is -0.366 e. The van der Waals surface area contributed by atoms with Crippen LogP contribution in [0.15, 0.2) is 18.2 Å². The SMILES string of the molecule is CNC(=O)CC1CCN(c2ccc(C)cc2[N+](=O)[O-])CC1. The molecule has 6 nitrogen and oxygen atoms in total. The first-order valence-electron chi connectivity index (χ1n) is 7.22. The van der Waals surface area contributed by atoms with Gasteiger partial charge in [-0.15, -0.1) is 0 Å². The number of hydrogen-bond acceptors (Lipinski definition) is 4. The molecule has 1 aliphatic rings. The summed E-state index contributed by atoms with van der Waals surface area (Å²) in [6.45, 7) is 3.36. The molecule has 0 radical (unpaired) electrons. The molecule has 1 amide bonds. The topological polar surface area (TPSA) is 75.5 Å². The van der Waals surface area contributed by atoms with Crippen molar-refractivity contribution >= 4 is 17.3 Å². The van der Waals surface area contributed by atoms with Crippen molar-refractivity contribution in [1.82, 2.24) is 5.32 Å². The van der Waals surface area contributed by atoms with Crippen LogP contribution in [-0.2, 0) is 4.79 Å². The van der Waals surface area contributed by atoms with Crippen LogP contribution in [0, 0.1) is 23.0 Å². The number of piperidine rings is 1. The van der Waals surface area contributed by atoms with Crippen molar-refractivity contribution in [2.45, 2.75) is 26.2 Å². The van der Waals surface area contributed by atoms with E-state index in [1.165, 1.54) is 0 Å². The molecule has 0 bridgehead atoms. The number of rotatable bonds is 4. The fourth-order valence-electron chi connectivity index (χ4n) is 2.79. The molecular weight excluding hydrogens is 270 g/mol. The highest BCUT2D eigenvalue weighted by molar-refractivity contribution is 5.75. The van der Waals surface area contributed by atoms with E-state index in [2.05, 4.69) is 10.2 Å². The number of anilines is 1. The average molecular weight is 291 g/mol. The molecule has 1 aromatic rings. The van der Waals surface area contributed by atoms with E-state index < -0.39 is 0 Å². The summed E-state index contributed by atoms with van der Waals surface area (Å²) in [5.74, 6) is 0.431. The quantitative estimate of drug-likeness (QED) is 0.682. The number of benzene rings is 1. The summed E-state index contributed by atoms with van der Waals surface area (Å²) in [7, 11) is 1.65. The molecule has 0 spiro atoms. The summed E-state index contributed by atoms with van der Waals surface area (Å²) in [4.78, 5) is 24.3. The summed E-state index contributed by atoms with van der Waals surface area (Å²) in [6.07, 6.45) is 2.32. The van der Waals surface area contributed by atoms with Crippen LogP contribution in [0.5, 0.6) is 0 Å². The van der Waals surface area contributed by atoms with Crippen molar-refractivity contribution in [2.75, 3.05) is 25.0 Å². The monoisotopic (exact) mass is 291 g/mol. The van der Waals surface area contributed by atoms with Gasteiger partial charge in [0.25, 0.3) is 5.69 Å². The van der Waals surface area contributed by atoms with Crippen LogP contribution in [0.25, 0.3) is 0 Å². The first kappa shape index (κ1) is 15.3. The number of carbonyl (C=O) groups excluding carboxylic acids is 1. The van der Waals surface area contributed by atoms with Crippen molar-refractivity contribution < 1.29 is 9.72 Å². The third-order valence-corrected chi connectivity index (χ3v) is 4.04. The highest BCUT2D eigenvalue weighted by Crippen LogP contribution is 2.32. The molecule has 0 unspecified atom stereocenters. The molecule has 1 aliphatic heterocycles. The lowest BCUT2D eigenvalue weighted by Gasteiger charge is -2.33. The molecule has 21 heavy (non-hydrogen) atoms. The predicted octanol–water partition coefficient (Wildman–Crippen LogP) is 2.26. The molecule has 1 saturated heterocycles. The number of nitrogens with zero attached hydrogens (tertiary/aromatic N) is 2. The van der Waals surface area contributed by atoms with Crippen LogP contribution in [0.1, 0.15) is 24.8 Å². The Morgan fingerprint density at radius 1 is 1.43 bits per heavy atom. The van der Waals surface area contributed by atoms with Gasteiger partial charge in [-0.05, 0) is 37.3 Å². The lowest BCUT2D eigenvalue weighted by Crippen LogP contribution is -2.35. The van der Waals surface area contributed by atoms with Crippen molar-refractivity contribution in [3.05, 3.63) is 33.9 Å². The number of hydrogen-bond donors (Lipinski definition) is 1. The maximum Gasteiger partial charge on any atom is 0.292 e. The van der Waals surface area contributed by atoms with Crippen molar-refractivity contribution in [2.24, 2.45) is 5.92 Å². The van der Waals surface area contributed by atoms with Gasteiger partial charge in [-0.2, -0.15) is 0 Å². The van der Waals surface area contributed by atoms with Gasteiger partial charge in [-0.25, -0.2) is 0 Å². The van der Waals surface area contributed by atoms with Crippen LogP contribution in [0.2, 0.25) is 0 Å². The zero-order chi connectivity index (χ0) is 15.4. The fourth-order valence-corrected chi connectivity index (χ4v) is 2.79. The summed E-state index contributed by atoms with van der Waals surface area (Å²) in [5.41, 5.74) is 1.74. The molecule has 6 heteroatoms. The average Bonchev–Trinajstić information content (AvgIpc) is 2.48. The second-order valence-corrected chi connectivity index (χ2v) is 5.56. The van der Waals surface area contributed by atoms with Gasteiger partial charge in [-0.1, -0.05) is 6.07 Å². The maximum absolute atomic E-state index is 11.4. The lowest BCUT2D eigenvalue weighted by atomic mass is 9.92. The van der Waals surface area contributed by atoms with Gasteiger partial charge in [0, 0.05) is 32.6 Å². The van der Waals surface area contributed by atoms with Gasteiger partial charge in [0.05, 0.1) is 4.92 Å². The van der Waals surface area contributed by atoms with Gasteiger partial charge in [0.1, 0.15) is 5.69 Å². The van der Waals surface area contributed by atoms with E-state index in [4.69, 9.17) is 0 Å². The van der Waals surface area contributed by atoms with Gasteiger partial charge in [0.15, 0.2) is 0 Å². The van der Waals surface area contributed by atoms with Crippen LogP contribution < -0.4 is 10.2 Å². The lowest BCUT2D eigenvalue weighted by molar-refractivity contribution is -0.384. The summed E-state index contributed by atoms with van der Waals surface area (Å²) in [5, 5.41) is 13.8. The van der Waals surface area contributed by atoms with Crippen LogP contribution in [-0.4, -0.2) is 31.0 Å². The van der Waals surface area contributed by atoms with Crippen LogP contribution in [0.3, 0.4) is 0 Å². The minimum absolute atomic E-state index is 0.0646. The smallest absolute Gasteiger partial charge is 0.292 e. The standard InChI is InChI=1S/C15H21N3O3/c1-11-3-4-13(14(9-11)18(20)21)17-7-5-12(6-8-17)10-15(19)16-2/h3-4,9,12H,5-8,10H2,1-2H3,(H,16,19). The van der Waals surface area contributed by atoms with E-state index in [0.717, 1.165) is 31.5 Å². The van der Waals surface area contributed by atoms with E-state index in [-0.39, 0.29) is 16.5 Å². The molecule has 2 rings (SSSR count). The normalized spacial score (nSPS) is 15.8. The molecule has 1 aromatic carbocycles. The van der Waals surface area contributed by atoms with Gasteiger partial charge >= 0.3 is 0 Å². The Hall–Kier alpha value is -2.11. The van der Waals surface area contributed by atoms with E-state index >= 15 is 0 Å². The Bertz CT molecular complexity index is 537. The first-order valence-corrected chi connectivity index (χ1v) is 7.22. The molecule has 0 aliphatic carbocycles. The first-order chi connectivity index (χ1) is 10.0. The van der Waals surface area contributed by atoms with Gasteiger partial charge in [0.2, 0.25) is 5.91 Å². The molecule has 1 fully saturated rings. The number of nitro benzene ring substituents is 1.